The second kappa shape index (κ2) is 11.6. The van der Waals surface area contributed by atoms with Crippen molar-refractivity contribution in [1.82, 2.24) is 5.32 Å². The first kappa shape index (κ1) is 24.5. The quantitative estimate of drug-likeness (QED) is 0.504. The molecule has 0 aliphatic carbocycles. The minimum absolute atomic E-state index is 0.311. The summed E-state index contributed by atoms with van der Waals surface area (Å²) in [7, 11) is -2.21. The van der Waals surface area contributed by atoms with Crippen LogP contribution in [0.15, 0.2) is 42.5 Å². The van der Waals surface area contributed by atoms with Crippen LogP contribution in [0.4, 0.5) is 5.69 Å². The molecule has 0 spiro atoms. The lowest BCUT2D eigenvalue weighted by Gasteiger charge is -2.24. The minimum atomic E-state index is -3.67. The van der Waals surface area contributed by atoms with E-state index >= 15 is 0 Å². The average Bonchev–Trinajstić information content (AvgIpc) is 2.73. The molecule has 0 heterocycles. The number of para-hydroxylation sites is 1. The zero-order chi connectivity index (χ0) is 22.9. The number of hydrogen-bond donors (Lipinski definition) is 1. The number of methoxy groups -OCH3 is 1. The third-order valence-corrected chi connectivity index (χ3v) is 5.80. The number of anilines is 1. The standard InChI is InChI=1S/C23H32N2O5S/c1-5-15-30-21-11-7-6-9-19(21)10-8-14-24-23(26)17-25(31(4,27)28)20-16-18(2)12-13-22(20)29-3/h6-7,9,11-13,16H,5,8,10,14-15,17H2,1-4H3,(H,24,26). The van der Waals surface area contributed by atoms with Gasteiger partial charge in [-0.3, -0.25) is 9.10 Å². The van der Waals surface area contributed by atoms with Crippen LogP contribution < -0.4 is 19.1 Å². The van der Waals surface area contributed by atoms with Crippen molar-refractivity contribution in [2.45, 2.75) is 33.1 Å². The van der Waals surface area contributed by atoms with Crippen molar-refractivity contribution in [2.24, 2.45) is 0 Å². The molecule has 2 aromatic rings. The molecule has 0 radical (unpaired) electrons. The van der Waals surface area contributed by atoms with Gasteiger partial charge >= 0.3 is 0 Å². The van der Waals surface area contributed by atoms with E-state index in [-0.39, 0.29) is 12.5 Å². The Labute approximate surface area is 185 Å². The van der Waals surface area contributed by atoms with Gasteiger partial charge in [0.05, 0.1) is 25.7 Å². The van der Waals surface area contributed by atoms with Gasteiger partial charge in [0.2, 0.25) is 15.9 Å². The predicted molar refractivity (Wildman–Crippen MR) is 123 cm³/mol. The van der Waals surface area contributed by atoms with Crippen molar-refractivity contribution in [3.8, 4) is 11.5 Å². The van der Waals surface area contributed by atoms with Gasteiger partial charge in [0.25, 0.3) is 0 Å². The van der Waals surface area contributed by atoms with E-state index < -0.39 is 10.0 Å². The Hall–Kier alpha value is -2.74. The summed E-state index contributed by atoms with van der Waals surface area (Å²) in [6, 6.07) is 13.1. The molecule has 8 heteroatoms. The maximum Gasteiger partial charge on any atom is 0.240 e. The summed E-state index contributed by atoms with van der Waals surface area (Å²) in [6.07, 6.45) is 3.48. The molecule has 1 N–H and O–H groups in total. The second-order valence-corrected chi connectivity index (χ2v) is 9.26. The molecule has 0 bridgehead atoms. The van der Waals surface area contributed by atoms with Crippen molar-refractivity contribution in [2.75, 3.05) is 37.4 Å². The van der Waals surface area contributed by atoms with Crippen LogP contribution in [0, 0.1) is 6.92 Å². The number of ether oxygens (including phenoxy) is 2. The van der Waals surface area contributed by atoms with Crippen LogP contribution in [0.3, 0.4) is 0 Å². The van der Waals surface area contributed by atoms with E-state index in [1.165, 1.54) is 7.11 Å². The Kier molecular flexibility index (Phi) is 9.18. The molecule has 170 valence electrons. The largest absolute Gasteiger partial charge is 0.495 e. The lowest BCUT2D eigenvalue weighted by molar-refractivity contribution is -0.119. The highest BCUT2D eigenvalue weighted by atomic mass is 32.2. The molecule has 0 aliphatic rings. The van der Waals surface area contributed by atoms with Gasteiger partial charge in [-0.15, -0.1) is 0 Å². The molecular formula is C23H32N2O5S. The molecule has 0 atom stereocenters. The van der Waals surface area contributed by atoms with Crippen LogP contribution in [-0.4, -0.2) is 47.4 Å². The van der Waals surface area contributed by atoms with Crippen LogP contribution in [0.25, 0.3) is 0 Å². The molecule has 0 aliphatic heterocycles. The second-order valence-electron chi connectivity index (χ2n) is 7.35. The number of carbonyl (C=O) groups excluding carboxylic acids is 1. The highest BCUT2D eigenvalue weighted by Crippen LogP contribution is 2.30. The van der Waals surface area contributed by atoms with E-state index in [1.807, 2.05) is 37.3 Å². The molecular weight excluding hydrogens is 416 g/mol. The zero-order valence-corrected chi connectivity index (χ0v) is 19.5. The van der Waals surface area contributed by atoms with E-state index in [4.69, 9.17) is 9.47 Å². The number of benzene rings is 2. The summed E-state index contributed by atoms with van der Waals surface area (Å²) in [6.45, 7) is 4.70. The van der Waals surface area contributed by atoms with Crippen molar-refractivity contribution in [1.29, 1.82) is 0 Å². The topological polar surface area (TPSA) is 84.9 Å². The average molecular weight is 449 g/mol. The number of carbonyl (C=O) groups is 1. The number of sulfonamides is 1. The van der Waals surface area contributed by atoms with E-state index in [1.54, 1.807) is 12.1 Å². The van der Waals surface area contributed by atoms with Gasteiger partial charge in [-0.2, -0.15) is 0 Å². The summed E-state index contributed by atoms with van der Waals surface area (Å²) in [4.78, 5) is 12.5. The van der Waals surface area contributed by atoms with E-state index in [0.717, 1.165) is 40.3 Å². The highest BCUT2D eigenvalue weighted by molar-refractivity contribution is 7.92. The minimum Gasteiger partial charge on any atom is -0.495 e. The molecule has 0 fully saturated rings. The normalized spacial score (nSPS) is 11.1. The first-order valence-corrected chi connectivity index (χ1v) is 12.2. The fraction of sp³-hybridized carbons (Fsp3) is 0.435. The fourth-order valence-corrected chi connectivity index (χ4v) is 3.98. The van der Waals surface area contributed by atoms with Crippen molar-refractivity contribution in [3.63, 3.8) is 0 Å². The number of nitrogens with one attached hydrogen (secondary N) is 1. The number of nitrogens with zero attached hydrogens (tertiary/aromatic N) is 1. The molecule has 0 saturated carbocycles. The number of rotatable bonds is 12. The van der Waals surface area contributed by atoms with Crippen LogP contribution >= 0.6 is 0 Å². The number of hydrogen-bond acceptors (Lipinski definition) is 5. The zero-order valence-electron chi connectivity index (χ0n) is 18.7. The van der Waals surface area contributed by atoms with Gasteiger partial charge in [-0.25, -0.2) is 8.42 Å². The first-order chi connectivity index (χ1) is 14.8. The Morgan fingerprint density at radius 2 is 1.87 bits per heavy atom. The van der Waals surface area contributed by atoms with Gasteiger partial charge in [0.1, 0.15) is 18.0 Å². The van der Waals surface area contributed by atoms with Crippen LogP contribution in [0.1, 0.15) is 30.9 Å². The van der Waals surface area contributed by atoms with E-state index in [9.17, 15) is 13.2 Å². The monoisotopic (exact) mass is 448 g/mol. The molecule has 0 saturated heterocycles. The molecule has 31 heavy (non-hydrogen) atoms. The van der Waals surface area contributed by atoms with Crippen molar-refractivity contribution < 1.29 is 22.7 Å². The Bertz CT molecular complexity index is 976. The van der Waals surface area contributed by atoms with Gasteiger partial charge in [-0.05, 0) is 55.5 Å². The Balaban J connectivity index is 1.97. The van der Waals surface area contributed by atoms with Crippen LogP contribution in [-0.2, 0) is 21.2 Å². The van der Waals surface area contributed by atoms with Crippen LogP contribution in [0.2, 0.25) is 0 Å². The molecule has 0 unspecified atom stereocenters. The lowest BCUT2D eigenvalue weighted by atomic mass is 10.1. The van der Waals surface area contributed by atoms with E-state index in [2.05, 4.69) is 12.2 Å². The number of aryl methyl sites for hydroxylation is 2. The Morgan fingerprint density at radius 3 is 2.55 bits per heavy atom. The predicted octanol–water partition coefficient (Wildman–Crippen LogP) is 3.31. The van der Waals surface area contributed by atoms with Crippen molar-refractivity contribution >= 4 is 21.6 Å². The third-order valence-electron chi connectivity index (χ3n) is 4.67. The Morgan fingerprint density at radius 1 is 1.13 bits per heavy atom. The highest BCUT2D eigenvalue weighted by Gasteiger charge is 2.24. The third kappa shape index (κ3) is 7.47. The molecule has 7 nitrogen and oxygen atoms in total. The number of amides is 1. The molecule has 2 aromatic carbocycles. The summed E-state index contributed by atoms with van der Waals surface area (Å²) in [5, 5.41) is 2.81. The molecule has 1 amide bonds. The summed E-state index contributed by atoms with van der Waals surface area (Å²) >= 11 is 0. The summed E-state index contributed by atoms with van der Waals surface area (Å²) in [5.74, 6) is 0.891. The fourth-order valence-electron chi connectivity index (χ4n) is 3.13. The molecule has 0 aromatic heterocycles. The van der Waals surface area contributed by atoms with Gasteiger partial charge < -0.3 is 14.8 Å². The smallest absolute Gasteiger partial charge is 0.240 e. The summed E-state index contributed by atoms with van der Waals surface area (Å²) in [5.41, 5.74) is 2.31. The van der Waals surface area contributed by atoms with Crippen molar-refractivity contribution in [3.05, 3.63) is 53.6 Å². The van der Waals surface area contributed by atoms with Crippen LogP contribution in [0.5, 0.6) is 11.5 Å². The van der Waals surface area contributed by atoms with E-state index in [0.29, 0.717) is 31.0 Å². The maximum absolute atomic E-state index is 12.5. The van der Waals surface area contributed by atoms with Gasteiger partial charge in [0, 0.05) is 6.54 Å². The maximum atomic E-state index is 12.5. The molecule has 2 rings (SSSR count). The first-order valence-electron chi connectivity index (χ1n) is 10.4. The van der Waals surface area contributed by atoms with Gasteiger partial charge in [0.15, 0.2) is 0 Å². The van der Waals surface area contributed by atoms with Gasteiger partial charge in [-0.1, -0.05) is 31.2 Å². The summed E-state index contributed by atoms with van der Waals surface area (Å²) < 4.78 is 36.9. The lowest BCUT2D eigenvalue weighted by Crippen LogP contribution is -2.40. The SMILES string of the molecule is CCCOc1ccccc1CCCNC(=O)CN(c1cc(C)ccc1OC)S(C)(=O)=O.